The number of Topliss-reactive ketones (excluding diaryl/α,β-unsaturated/α-hetero) is 2. The van der Waals surface area contributed by atoms with Crippen molar-refractivity contribution >= 4 is 28.6 Å². The Kier molecular flexibility index (Phi) is 2.21. The molecule has 0 fully saturated rings. The van der Waals surface area contributed by atoms with E-state index in [1.165, 1.54) is 0 Å². The fourth-order valence-corrected chi connectivity index (χ4v) is 1.81. The highest BCUT2D eigenvalue weighted by molar-refractivity contribution is 7.81. The lowest BCUT2D eigenvalue weighted by Crippen LogP contribution is -2.29. The van der Waals surface area contributed by atoms with Crippen molar-refractivity contribution in [3.05, 3.63) is 47.2 Å². The van der Waals surface area contributed by atoms with E-state index in [1.54, 1.807) is 24.3 Å². The van der Waals surface area contributed by atoms with E-state index in [4.69, 9.17) is 17.3 Å². The number of carbonyl (C=O) groups is 2. The van der Waals surface area contributed by atoms with E-state index >= 15 is 0 Å². The molecule has 0 amide bonds. The molecule has 0 saturated heterocycles. The Hall–Kier alpha value is -1.81. The lowest BCUT2D eigenvalue weighted by molar-refractivity contribution is -0.111. The summed E-state index contributed by atoms with van der Waals surface area (Å²) in [7, 11) is 0. The topological polar surface area (TPSA) is 54.4 Å². The monoisotopic (exact) mass is 218 g/mol. The van der Waals surface area contributed by atoms with E-state index in [0.29, 0.717) is 17.4 Å². The molecule has 0 aliphatic heterocycles. The van der Waals surface area contributed by atoms with Crippen LogP contribution in [0.3, 0.4) is 0 Å². The minimum absolute atomic E-state index is 0.103. The minimum atomic E-state index is -0.749. The van der Waals surface area contributed by atoms with Crippen LogP contribution in [0.1, 0.15) is 15.9 Å². The van der Waals surface area contributed by atoms with E-state index in [0.717, 1.165) is 0 Å². The third-order valence-corrected chi connectivity index (χ3v) is 2.68. The third kappa shape index (κ3) is 1.30. The van der Waals surface area contributed by atoms with Crippen LogP contribution in [0.15, 0.2) is 36.1 Å². The molecule has 0 atom stereocenters. The Labute approximate surface area is 91.0 Å². The van der Waals surface area contributed by atoms with Crippen molar-refractivity contribution in [2.45, 2.75) is 0 Å². The largest absolute Gasteiger partial charge is 0.515 e. The summed E-state index contributed by atoms with van der Waals surface area (Å²) in [6.45, 7) is 0. The summed E-state index contributed by atoms with van der Waals surface area (Å²) in [5.74, 6) is -1.37. The molecule has 74 valence electrons. The van der Waals surface area contributed by atoms with Crippen molar-refractivity contribution in [3.8, 4) is 0 Å². The molecule has 1 N–H and O–H groups in total. The van der Waals surface area contributed by atoms with Crippen LogP contribution in [0.4, 0.5) is 0 Å². The second-order valence-corrected chi connectivity index (χ2v) is 3.48. The van der Waals surface area contributed by atoms with Crippen LogP contribution in [0.2, 0.25) is 0 Å². The van der Waals surface area contributed by atoms with Crippen LogP contribution in [0.5, 0.6) is 0 Å². The quantitative estimate of drug-likeness (QED) is 0.311. The second kappa shape index (κ2) is 3.40. The third-order valence-electron chi connectivity index (χ3n) is 2.24. The summed E-state index contributed by atoms with van der Waals surface area (Å²) in [6.07, 6.45) is 0.596. The summed E-state index contributed by atoms with van der Waals surface area (Å²) in [5.41, 5.74) is 0.726. The van der Waals surface area contributed by atoms with Gasteiger partial charge in [0.25, 0.3) is 0 Å². The van der Waals surface area contributed by atoms with Crippen LogP contribution in [0.25, 0.3) is 0 Å². The molecule has 0 aromatic heterocycles. The number of thiocarbonyl (C=S) groups is 1. The lowest BCUT2D eigenvalue weighted by atomic mass is 9.86. The van der Waals surface area contributed by atoms with Gasteiger partial charge in [0.15, 0.2) is 0 Å². The molecule has 4 heteroatoms. The fraction of sp³-hybridized carbons (Fsp3) is 0. The zero-order chi connectivity index (χ0) is 11.0. The van der Waals surface area contributed by atoms with Gasteiger partial charge in [-0.05, 0) is 0 Å². The van der Waals surface area contributed by atoms with Gasteiger partial charge in [-0.15, -0.1) is 0 Å². The number of hydrogen-bond acceptors (Lipinski definition) is 4. The van der Waals surface area contributed by atoms with Gasteiger partial charge in [-0.2, -0.15) is 0 Å². The molecule has 2 rings (SSSR count). The molecule has 1 aromatic carbocycles. The lowest BCUT2D eigenvalue weighted by Gasteiger charge is -2.16. The van der Waals surface area contributed by atoms with Crippen molar-refractivity contribution < 1.29 is 14.7 Å². The van der Waals surface area contributed by atoms with Gasteiger partial charge in [0.2, 0.25) is 11.6 Å². The molecular weight excluding hydrogens is 212 g/mol. The van der Waals surface area contributed by atoms with E-state index < -0.39 is 11.6 Å². The highest BCUT2D eigenvalue weighted by Crippen LogP contribution is 2.23. The molecule has 0 saturated carbocycles. The first-order chi connectivity index (χ1) is 7.16. The Morgan fingerprint density at radius 2 is 1.67 bits per heavy atom. The molecule has 1 aliphatic carbocycles. The molecule has 3 nitrogen and oxygen atoms in total. The Balaban J connectivity index is 2.73. The molecule has 15 heavy (non-hydrogen) atoms. The maximum atomic E-state index is 11.6. The fourth-order valence-electron chi connectivity index (χ4n) is 1.49. The predicted molar refractivity (Wildman–Crippen MR) is 58.2 cm³/mol. The first-order valence-electron chi connectivity index (χ1n) is 4.24. The average Bonchev–Trinajstić information content (AvgIpc) is 2.27. The van der Waals surface area contributed by atoms with Gasteiger partial charge in [0, 0.05) is 11.1 Å². The van der Waals surface area contributed by atoms with E-state index in [-0.39, 0.29) is 10.4 Å². The van der Waals surface area contributed by atoms with Crippen LogP contribution in [-0.4, -0.2) is 21.5 Å². The molecule has 0 spiro atoms. The van der Waals surface area contributed by atoms with Crippen LogP contribution in [-0.2, 0) is 4.79 Å². The SMILES string of the molecule is O=C1C(=O)c2ccccc2C(=S)C1=CO. The Morgan fingerprint density at radius 3 is 2.27 bits per heavy atom. The number of allylic oxidation sites excluding steroid dienone is 1. The van der Waals surface area contributed by atoms with Gasteiger partial charge in [0.1, 0.15) is 0 Å². The standard InChI is InChI=1S/C11H6O3S/c12-5-8-10(14)9(13)6-3-1-2-4-7(6)11(8)15/h1-5,12H. The van der Waals surface area contributed by atoms with Crippen LogP contribution in [0, 0.1) is 0 Å². The summed E-state index contributed by atoms with van der Waals surface area (Å²) < 4.78 is 0. The molecule has 1 aromatic rings. The van der Waals surface area contributed by atoms with Gasteiger partial charge in [-0.25, -0.2) is 0 Å². The molecule has 0 bridgehead atoms. The summed E-state index contributed by atoms with van der Waals surface area (Å²) in [5, 5.41) is 8.85. The summed E-state index contributed by atoms with van der Waals surface area (Å²) in [6, 6.07) is 6.60. The number of benzene rings is 1. The highest BCUT2D eigenvalue weighted by atomic mass is 32.1. The van der Waals surface area contributed by atoms with E-state index in [1.807, 2.05) is 0 Å². The smallest absolute Gasteiger partial charge is 0.238 e. The van der Waals surface area contributed by atoms with Gasteiger partial charge in [-0.1, -0.05) is 36.5 Å². The first kappa shape index (κ1) is 9.73. The van der Waals surface area contributed by atoms with Crippen molar-refractivity contribution in [1.82, 2.24) is 0 Å². The van der Waals surface area contributed by atoms with E-state index in [2.05, 4.69) is 0 Å². The number of ketones is 2. The van der Waals surface area contributed by atoms with Gasteiger partial charge < -0.3 is 5.11 Å². The Bertz CT molecular complexity index is 514. The zero-order valence-corrected chi connectivity index (χ0v) is 8.38. The van der Waals surface area contributed by atoms with Crippen LogP contribution >= 0.6 is 12.2 Å². The molecule has 1 aliphatic rings. The minimum Gasteiger partial charge on any atom is -0.515 e. The predicted octanol–water partition coefficient (Wildman–Crippen LogP) is 1.61. The van der Waals surface area contributed by atoms with Crippen molar-refractivity contribution in [2.75, 3.05) is 0 Å². The maximum Gasteiger partial charge on any atom is 0.238 e. The zero-order valence-electron chi connectivity index (χ0n) is 7.56. The van der Waals surface area contributed by atoms with Gasteiger partial charge >= 0.3 is 0 Å². The van der Waals surface area contributed by atoms with Crippen molar-refractivity contribution in [1.29, 1.82) is 0 Å². The molecule has 0 heterocycles. The Morgan fingerprint density at radius 1 is 1.07 bits per heavy atom. The second-order valence-electron chi connectivity index (χ2n) is 3.08. The number of carbonyl (C=O) groups excluding carboxylic acids is 2. The highest BCUT2D eigenvalue weighted by Gasteiger charge is 2.32. The number of aliphatic hydroxyl groups is 1. The number of hydrogen-bond donors (Lipinski definition) is 1. The normalized spacial score (nSPS) is 18.1. The summed E-state index contributed by atoms with van der Waals surface area (Å²) >= 11 is 5.01. The molecule has 0 radical (unpaired) electrons. The maximum absolute atomic E-state index is 11.6. The van der Waals surface area contributed by atoms with Gasteiger partial charge in [-0.3, -0.25) is 9.59 Å². The average molecular weight is 218 g/mol. The molecule has 0 unspecified atom stereocenters. The van der Waals surface area contributed by atoms with Crippen LogP contribution < -0.4 is 0 Å². The van der Waals surface area contributed by atoms with Crippen molar-refractivity contribution in [3.63, 3.8) is 0 Å². The number of aliphatic hydroxyl groups excluding tert-OH is 1. The molecular formula is C11H6O3S. The van der Waals surface area contributed by atoms with E-state index in [9.17, 15) is 9.59 Å². The summed E-state index contributed by atoms with van der Waals surface area (Å²) in [4.78, 5) is 23.3. The number of fused-ring (bicyclic) bond motifs is 1. The first-order valence-corrected chi connectivity index (χ1v) is 4.64. The van der Waals surface area contributed by atoms with Gasteiger partial charge in [0.05, 0.1) is 16.7 Å². The number of rotatable bonds is 0. The van der Waals surface area contributed by atoms with Crippen molar-refractivity contribution in [2.24, 2.45) is 0 Å².